The maximum absolute atomic E-state index is 6.06. The zero-order chi connectivity index (χ0) is 19.9. The first-order valence-electron chi connectivity index (χ1n) is 9.12. The van der Waals surface area contributed by atoms with E-state index in [0.29, 0.717) is 17.8 Å². The average Bonchev–Trinajstić information content (AvgIpc) is 3.12. The second-order valence-corrected chi connectivity index (χ2v) is 8.20. The maximum atomic E-state index is 6.06. The number of fused-ring (bicyclic) bond motifs is 2. The van der Waals surface area contributed by atoms with Gasteiger partial charge in [-0.05, 0) is 37.1 Å². The predicted molar refractivity (Wildman–Crippen MR) is 111 cm³/mol. The number of unbranched alkanes of at least 4 members (excludes halogenated alkanes) is 1. The fourth-order valence-electron chi connectivity index (χ4n) is 3.25. The fourth-order valence-corrected chi connectivity index (χ4v) is 4.26. The van der Waals surface area contributed by atoms with Crippen LogP contribution in [0.5, 0.6) is 11.5 Å². The van der Waals surface area contributed by atoms with E-state index < -0.39 is 5.79 Å². The van der Waals surface area contributed by atoms with Crippen LogP contribution in [0.4, 0.5) is 5.82 Å². The third-order valence-corrected chi connectivity index (χ3v) is 5.67. The molecule has 0 bridgehead atoms. The van der Waals surface area contributed by atoms with E-state index in [4.69, 9.17) is 26.6 Å². The molecule has 28 heavy (non-hydrogen) atoms. The van der Waals surface area contributed by atoms with Crippen molar-refractivity contribution in [1.29, 1.82) is 0 Å². The van der Waals surface area contributed by atoms with E-state index in [0.717, 1.165) is 45.6 Å². The number of hydrogen-bond donors (Lipinski definition) is 1. The Balaban J connectivity index is 1.73. The van der Waals surface area contributed by atoms with Gasteiger partial charge < -0.3 is 19.8 Å². The predicted octanol–water partition coefficient (Wildman–Crippen LogP) is 4.39. The molecule has 0 spiro atoms. The molecule has 1 aliphatic heterocycles. The number of benzene rings is 1. The molecular weight excluding hydrogens is 372 g/mol. The Hall–Kier alpha value is -2.85. The molecule has 1 aromatic carbocycles. The molecule has 0 unspecified atom stereocenters. The van der Waals surface area contributed by atoms with Crippen LogP contribution in [0, 0.1) is 19.3 Å². The number of terminal acetylenes is 1. The van der Waals surface area contributed by atoms with Crippen LogP contribution >= 0.6 is 11.8 Å². The summed E-state index contributed by atoms with van der Waals surface area (Å²) in [7, 11) is 0. The molecule has 7 heteroatoms. The Labute approximate surface area is 168 Å². The van der Waals surface area contributed by atoms with E-state index in [1.54, 1.807) is 18.0 Å². The lowest BCUT2D eigenvalue weighted by Gasteiger charge is -2.16. The Kier molecular flexibility index (Phi) is 4.60. The minimum atomic E-state index is -0.652. The van der Waals surface area contributed by atoms with E-state index in [1.165, 1.54) is 0 Å². The highest BCUT2D eigenvalue weighted by Crippen LogP contribution is 2.44. The molecule has 6 nitrogen and oxygen atoms in total. The van der Waals surface area contributed by atoms with E-state index in [2.05, 4.69) is 22.4 Å². The van der Waals surface area contributed by atoms with Crippen LogP contribution in [0.1, 0.15) is 32.3 Å². The lowest BCUT2D eigenvalue weighted by Crippen LogP contribution is -2.29. The Morgan fingerprint density at radius 2 is 2.04 bits per heavy atom. The molecule has 3 aromatic rings. The normalized spacial score (nSPS) is 14.4. The van der Waals surface area contributed by atoms with E-state index >= 15 is 0 Å². The average molecular weight is 395 g/mol. The van der Waals surface area contributed by atoms with Crippen molar-refractivity contribution < 1.29 is 9.47 Å². The van der Waals surface area contributed by atoms with Crippen LogP contribution in [0.3, 0.4) is 0 Å². The van der Waals surface area contributed by atoms with Gasteiger partial charge in [0.2, 0.25) is 5.79 Å². The van der Waals surface area contributed by atoms with Gasteiger partial charge in [-0.1, -0.05) is 11.8 Å². The Bertz CT molecular complexity index is 1100. The minimum absolute atomic E-state index is 0.430. The van der Waals surface area contributed by atoms with Crippen molar-refractivity contribution in [3.05, 3.63) is 30.0 Å². The highest BCUT2D eigenvalue weighted by atomic mass is 32.2. The monoisotopic (exact) mass is 394 g/mol. The summed E-state index contributed by atoms with van der Waals surface area (Å²) in [4.78, 5) is 9.99. The second-order valence-electron chi connectivity index (χ2n) is 7.19. The largest absolute Gasteiger partial charge is 0.449 e. The van der Waals surface area contributed by atoms with Crippen LogP contribution in [0.25, 0.3) is 11.0 Å². The number of anilines is 1. The van der Waals surface area contributed by atoms with Crippen molar-refractivity contribution in [3.8, 4) is 23.8 Å². The highest BCUT2D eigenvalue weighted by molar-refractivity contribution is 7.99. The van der Waals surface area contributed by atoms with Crippen molar-refractivity contribution in [2.24, 2.45) is 0 Å². The molecular formula is C21H22N4O2S. The van der Waals surface area contributed by atoms with Gasteiger partial charge in [0.15, 0.2) is 22.5 Å². The standard InChI is InChI=1S/C21H22N4O2S/c1-5-6-7-10-25-14-8-9-23-19(22)18(14)24-20(25)28-17-12-16-15(11-13(17)2)26-21(3,4)27-16/h1,8-9,11-12H,6-7,10H2,2-4H3,(H2,22,23). The fraction of sp³-hybridized carbons (Fsp3) is 0.333. The molecule has 144 valence electrons. The number of rotatable bonds is 5. The number of nitrogen functional groups attached to an aromatic ring is 1. The second kappa shape index (κ2) is 6.95. The molecule has 1 aliphatic rings. The summed E-state index contributed by atoms with van der Waals surface area (Å²) in [5.41, 5.74) is 8.83. The lowest BCUT2D eigenvalue weighted by molar-refractivity contribution is -0.0432. The van der Waals surface area contributed by atoms with Gasteiger partial charge in [-0.25, -0.2) is 9.97 Å². The van der Waals surface area contributed by atoms with Gasteiger partial charge in [0, 0.05) is 37.9 Å². The summed E-state index contributed by atoms with van der Waals surface area (Å²) in [5, 5.41) is 0.855. The summed E-state index contributed by atoms with van der Waals surface area (Å²) in [5.74, 6) is 3.98. The van der Waals surface area contributed by atoms with Crippen molar-refractivity contribution in [2.75, 3.05) is 5.73 Å². The van der Waals surface area contributed by atoms with Gasteiger partial charge >= 0.3 is 0 Å². The zero-order valence-electron chi connectivity index (χ0n) is 16.2. The van der Waals surface area contributed by atoms with Crippen LogP contribution in [-0.2, 0) is 6.54 Å². The number of nitrogens with zero attached hydrogens (tertiary/aromatic N) is 3. The topological polar surface area (TPSA) is 75.2 Å². The van der Waals surface area contributed by atoms with Crippen LogP contribution in [-0.4, -0.2) is 20.3 Å². The first-order valence-corrected chi connectivity index (χ1v) is 9.94. The number of aromatic nitrogens is 3. The molecule has 0 amide bonds. The van der Waals surface area contributed by atoms with Gasteiger partial charge in [-0.3, -0.25) is 0 Å². The van der Waals surface area contributed by atoms with Crippen molar-refractivity contribution in [1.82, 2.24) is 14.5 Å². The molecule has 2 N–H and O–H groups in total. The highest BCUT2D eigenvalue weighted by Gasteiger charge is 2.32. The maximum Gasteiger partial charge on any atom is 0.246 e. The van der Waals surface area contributed by atoms with Gasteiger partial charge in [0.25, 0.3) is 0 Å². The minimum Gasteiger partial charge on any atom is -0.449 e. The molecule has 2 aromatic heterocycles. The third kappa shape index (κ3) is 3.36. The molecule has 0 fully saturated rings. The van der Waals surface area contributed by atoms with Gasteiger partial charge in [0.1, 0.15) is 5.52 Å². The molecule has 0 saturated heterocycles. The number of hydrogen-bond acceptors (Lipinski definition) is 6. The molecule has 0 radical (unpaired) electrons. The molecule has 4 rings (SSSR count). The summed E-state index contributed by atoms with van der Waals surface area (Å²) in [6, 6.07) is 5.96. The molecule has 3 heterocycles. The summed E-state index contributed by atoms with van der Waals surface area (Å²) in [6.45, 7) is 6.62. The number of aryl methyl sites for hydroxylation is 2. The van der Waals surface area contributed by atoms with E-state index in [1.807, 2.05) is 32.0 Å². The molecule has 0 saturated carbocycles. The number of pyridine rings is 1. The van der Waals surface area contributed by atoms with E-state index in [9.17, 15) is 0 Å². The first-order chi connectivity index (χ1) is 13.4. The zero-order valence-corrected chi connectivity index (χ0v) is 17.0. The molecule has 0 atom stereocenters. The molecule has 0 aliphatic carbocycles. The summed E-state index contributed by atoms with van der Waals surface area (Å²) < 4.78 is 13.9. The van der Waals surface area contributed by atoms with Crippen LogP contribution < -0.4 is 15.2 Å². The smallest absolute Gasteiger partial charge is 0.246 e. The summed E-state index contributed by atoms with van der Waals surface area (Å²) in [6.07, 6.45) is 8.71. The summed E-state index contributed by atoms with van der Waals surface area (Å²) >= 11 is 1.58. The Morgan fingerprint density at radius 3 is 2.79 bits per heavy atom. The van der Waals surface area contributed by atoms with Crippen LogP contribution in [0.15, 0.2) is 34.4 Å². The number of ether oxygens (including phenoxy) is 2. The Morgan fingerprint density at radius 1 is 1.29 bits per heavy atom. The number of imidazole rings is 1. The first kappa shape index (κ1) is 18.5. The third-order valence-electron chi connectivity index (χ3n) is 4.52. The SMILES string of the molecule is C#CCCCn1c(Sc2cc3c(cc2C)OC(C)(C)O3)nc2c(N)nccc21. The lowest BCUT2D eigenvalue weighted by atomic mass is 10.2. The van der Waals surface area contributed by atoms with E-state index in [-0.39, 0.29) is 0 Å². The quantitative estimate of drug-likeness (QED) is 0.511. The van der Waals surface area contributed by atoms with Crippen molar-refractivity contribution in [2.45, 2.75) is 56.0 Å². The van der Waals surface area contributed by atoms with Gasteiger partial charge in [-0.15, -0.1) is 12.3 Å². The van der Waals surface area contributed by atoms with Crippen LogP contribution in [0.2, 0.25) is 0 Å². The van der Waals surface area contributed by atoms with Crippen molar-refractivity contribution >= 4 is 28.6 Å². The van der Waals surface area contributed by atoms with Gasteiger partial charge in [-0.2, -0.15) is 0 Å². The van der Waals surface area contributed by atoms with Crippen molar-refractivity contribution in [3.63, 3.8) is 0 Å². The van der Waals surface area contributed by atoms with Gasteiger partial charge in [0.05, 0.1) is 5.52 Å². The number of nitrogens with two attached hydrogens (primary N) is 1.